The fraction of sp³-hybridized carbons (Fsp3) is 0.200. The summed E-state index contributed by atoms with van der Waals surface area (Å²) in [4.78, 5) is 28.2. The Morgan fingerprint density at radius 3 is 2.15 bits per heavy atom. The largest absolute Gasteiger partial charge is 0.378 e. The fourth-order valence-corrected chi connectivity index (χ4v) is 3.37. The molecule has 1 heterocycles. The van der Waals surface area contributed by atoms with Crippen LogP contribution in [0.4, 0.5) is 5.69 Å². The van der Waals surface area contributed by atoms with Gasteiger partial charge in [-0.1, -0.05) is 35.9 Å². The lowest BCUT2D eigenvalue weighted by Crippen LogP contribution is -2.42. The summed E-state index contributed by atoms with van der Waals surface area (Å²) in [6, 6.07) is 14.0. The van der Waals surface area contributed by atoms with Crippen LogP contribution in [0, 0.1) is 0 Å². The van der Waals surface area contributed by atoms with Crippen LogP contribution in [0.2, 0.25) is 5.02 Å². The summed E-state index contributed by atoms with van der Waals surface area (Å²) in [5.74, 6) is -0.324. The number of fused-ring (bicyclic) bond motifs is 1. The number of nitrogens with one attached hydrogen (secondary N) is 1. The average Bonchev–Trinajstić information content (AvgIpc) is 2.68. The molecule has 1 aliphatic carbocycles. The monoisotopic (exact) mass is 368 g/mol. The Kier molecular flexibility index (Phi) is 4.49. The standard InChI is InChI=1S/C20H17ClN2O3/c21-13-5-7-14(8-6-13)22-17-18(23-9-11-26-12-10-23)20(25)16-4-2-1-3-15(16)19(17)24/h1-8,22H,9-12H2. The maximum atomic E-state index is 13.2. The van der Waals surface area contributed by atoms with E-state index >= 15 is 0 Å². The Morgan fingerprint density at radius 1 is 0.885 bits per heavy atom. The van der Waals surface area contributed by atoms with Crippen LogP contribution in [0.25, 0.3) is 0 Å². The summed E-state index contributed by atoms with van der Waals surface area (Å²) in [6.45, 7) is 2.20. The van der Waals surface area contributed by atoms with E-state index in [2.05, 4.69) is 5.32 Å². The van der Waals surface area contributed by atoms with E-state index in [1.807, 2.05) is 4.90 Å². The molecule has 0 unspecified atom stereocenters. The number of allylic oxidation sites excluding steroid dienone is 2. The third kappa shape index (κ3) is 3.00. The molecule has 0 spiro atoms. The van der Waals surface area contributed by atoms with Crippen molar-refractivity contribution in [2.75, 3.05) is 31.6 Å². The van der Waals surface area contributed by atoms with Crippen molar-refractivity contribution < 1.29 is 14.3 Å². The highest BCUT2D eigenvalue weighted by molar-refractivity contribution is 6.30. The van der Waals surface area contributed by atoms with Gasteiger partial charge in [0.25, 0.3) is 0 Å². The minimum atomic E-state index is -0.184. The number of nitrogens with zero attached hydrogens (tertiary/aromatic N) is 1. The highest BCUT2D eigenvalue weighted by Gasteiger charge is 2.35. The van der Waals surface area contributed by atoms with E-state index in [4.69, 9.17) is 16.3 Å². The SMILES string of the molecule is O=C1C(Nc2ccc(Cl)cc2)=C(N2CCOCC2)C(=O)c2ccccc21. The molecule has 2 aromatic carbocycles. The Labute approximate surface area is 156 Å². The highest BCUT2D eigenvalue weighted by atomic mass is 35.5. The lowest BCUT2D eigenvalue weighted by atomic mass is 9.89. The lowest BCUT2D eigenvalue weighted by Gasteiger charge is -2.34. The quantitative estimate of drug-likeness (QED) is 0.900. The van der Waals surface area contributed by atoms with E-state index < -0.39 is 0 Å². The van der Waals surface area contributed by atoms with Gasteiger partial charge in [0.05, 0.1) is 13.2 Å². The van der Waals surface area contributed by atoms with E-state index in [1.165, 1.54) is 0 Å². The average molecular weight is 369 g/mol. The Morgan fingerprint density at radius 2 is 1.50 bits per heavy atom. The summed E-state index contributed by atoms with van der Waals surface area (Å²) >= 11 is 5.94. The van der Waals surface area contributed by atoms with E-state index in [-0.39, 0.29) is 11.6 Å². The third-order valence-corrected chi connectivity index (χ3v) is 4.79. The van der Waals surface area contributed by atoms with Gasteiger partial charge >= 0.3 is 0 Å². The van der Waals surface area contributed by atoms with Crippen molar-refractivity contribution in [3.8, 4) is 0 Å². The molecule has 1 aliphatic heterocycles. The van der Waals surface area contributed by atoms with Gasteiger partial charge in [-0.05, 0) is 24.3 Å². The summed E-state index contributed by atoms with van der Waals surface area (Å²) < 4.78 is 5.39. The number of ketones is 2. The number of halogens is 1. The van der Waals surface area contributed by atoms with Crippen molar-refractivity contribution >= 4 is 28.9 Å². The van der Waals surface area contributed by atoms with Crippen molar-refractivity contribution in [2.24, 2.45) is 0 Å². The summed E-state index contributed by atoms with van der Waals surface area (Å²) in [5, 5.41) is 3.75. The maximum Gasteiger partial charge on any atom is 0.212 e. The molecule has 0 amide bonds. The van der Waals surface area contributed by atoms with Crippen molar-refractivity contribution in [1.82, 2.24) is 4.90 Å². The van der Waals surface area contributed by atoms with Crippen molar-refractivity contribution in [3.05, 3.63) is 76.1 Å². The van der Waals surface area contributed by atoms with E-state index in [0.717, 1.165) is 0 Å². The van der Waals surface area contributed by atoms with Crippen LogP contribution in [0.5, 0.6) is 0 Å². The number of benzene rings is 2. The number of carbonyl (C=O) groups is 2. The third-order valence-electron chi connectivity index (χ3n) is 4.54. The van der Waals surface area contributed by atoms with Gasteiger partial charge < -0.3 is 15.0 Å². The number of morpholine rings is 1. The zero-order valence-electron chi connectivity index (χ0n) is 14.0. The molecule has 26 heavy (non-hydrogen) atoms. The molecule has 0 bridgehead atoms. The van der Waals surface area contributed by atoms with Gasteiger partial charge in [-0.3, -0.25) is 9.59 Å². The molecule has 0 saturated carbocycles. The Hall–Kier alpha value is -2.63. The Bertz CT molecular complexity index is 900. The predicted molar refractivity (Wildman–Crippen MR) is 99.6 cm³/mol. The first-order chi connectivity index (χ1) is 12.6. The van der Waals surface area contributed by atoms with Crippen LogP contribution in [-0.2, 0) is 4.74 Å². The molecule has 0 atom stereocenters. The minimum Gasteiger partial charge on any atom is -0.378 e. The maximum absolute atomic E-state index is 13.2. The first-order valence-electron chi connectivity index (χ1n) is 8.43. The van der Waals surface area contributed by atoms with Crippen LogP contribution in [0.15, 0.2) is 59.9 Å². The molecule has 1 saturated heterocycles. The van der Waals surface area contributed by atoms with Gasteiger partial charge in [-0.25, -0.2) is 0 Å². The van der Waals surface area contributed by atoms with Crippen LogP contribution in [-0.4, -0.2) is 42.8 Å². The number of hydrogen-bond acceptors (Lipinski definition) is 5. The molecule has 0 radical (unpaired) electrons. The molecule has 0 aromatic heterocycles. The molecule has 5 nitrogen and oxygen atoms in total. The van der Waals surface area contributed by atoms with Gasteiger partial charge in [0, 0.05) is 34.9 Å². The van der Waals surface area contributed by atoms with Crippen LogP contribution in [0.3, 0.4) is 0 Å². The summed E-state index contributed by atoms with van der Waals surface area (Å²) in [7, 11) is 0. The number of hydrogen-bond donors (Lipinski definition) is 1. The van der Waals surface area contributed by atoms with Gasteiger partial charge in [-0.15, -0.1) is 0 Å². The zero-order chi connectivity index (χ0) is 18.1. The normalized spacial score (nSPS) is 17.3. The number of anilines is 1. The van der Waals surface area contributed by atoms with Crippen molar-refractivity contribution in [2.45, 2.75) is 0 Å². The fourth-order valence-electron chi connectivity index (χ4n) is 3.24. The van der Waals surface area contributed by atoms with Gasteiger partial charge in [0.1, 0.15) is 11.4 Å². The number of Topliss-reactive ketones (excluding diaryl/α,β-unsaturated/α-hetero) is 2. The topological polar surface area (TPSA) is 58.6 Å². The lowest BCUT2D eigenvalue weighted by molar-refractivity contribution is 0.0496. The highest BCUT2D eigenvalue weighted by Crippen LogP contribution is 2.30. The van der Waals surface area contributed by atoms with Crippen LogP contribution in [0.1, 0.15) is 20.7 Å². The summed E-state index contributed by atoms with van der Waals surface area (Å²) in [5.41, 5.74) is 2.28. The second-order valence-electron chi connectivity index (χ2n) is 6.16. The zero-order valence-corrected chi connectivity index (χ0v) is 14.8. The molecule has 132 valence electrons. The summed E-state index contributed by atoms with van der Waals surface area (Å²) in [6.07, 6.45) is 0. The first-order valence-corrected chi connectivity index (χ1v) is 8.81. The predicted octanol–water partition coefficient (Wildman–Crippen LogP) is 3.37. The van der Waals surface area contributed by atoms with Crippen molar-refractivity contribution in [3.63, 3.8) is 0 Å². The molecule has 2 aliphatic rings. The molecule has 4 rings (SSSR count). The number of ether oxygens (including phenoxy) is 1. The Balaban J connectivity index is 1.81. The van der Waals surface area contributed by atoms with Crippen LogP contribution >= 0.6 is 11.6 Å². The van der Waals surface area contributed by atoms with Gasteiger partial charge in [0.15, 0.2) is 0 Å². The molecule has 1 fully saturated rings. The smallest absolute Gasteiger partial charge is 0.212 e. The molecular weight excluding hydrogens is 352 g/mol. The van der Waals surface area contributed by atoms with E-state index in [0.29, 0.717) is 59.5 Å². The van der Waals surface area contributed by atoms with E-state index in [9.17, 15) is 9.59 Å². The van der Waals surface area contributed by atoms with E-state index in [1.54, 1.807) is 48.5 Å². The number of rotatable bonds is 3. The van der Waals surface area contributed by atoms with Gasteiger partial charge in [0.2, 0.25) is 11.6 Å². The van der Waals surface area contributed by atoms with Crippen molar-refractivity contribution in [1.29, 1.82) is 0 Å². The second-order valence-corrected chi connectivity index (χ2v) is 6.60. The molecule has 6 heteroatoms. The minimum absolute atomic E-state index is 0.140. The van der Waals surface area contributed by atoms with Gasteiger partial charge in [-0.2, -0.15) is 0 Å². The van der Waals surface area contributed by atoms with Crippen LogP contribution < -0.4 is 5.32 Å². The number of carbonyl (C=O) groups excluding carboxylic acids is 2. The second kappa shape index (κ2) is 6.94. The molecular formula is C20H17ClN2O3. The molecule has 2 aromatic rings. The first kappa shape index (κ1) is 16.8. The molecule has 1 N–H and O–H groups in total.